The molecule has 5 aromatic rings. The molecule has 0 N–H and O–H groups in total. The minimum atomic E-state index is -0.453. The summed E-state index contributed by atoms with van der Waals surface area (Å²) in [6.07, 6.45) is 0. The number of rotatable bonds is 9. The van der Waals surface area contributed by atoms with Gasteiger partial charge in [0.25, 0.3) is 5.69 Å². The van der Waals surface area contributed by atoms with Crippen LogP contribution >= 0.6 is 0 Å². The van der Waals surface area contributed by atoms with Crippen LogP contribution in [-0.4, -0.2) is 30.6 Å². The Labute approximate surface area is 225 Å². The summed E-state index contributed by atoms with van der Waals surface area (Å²) in [6, 6.07) is 31.3. The van der Waals surface area contributed by atoms with Crippen LogP contribution in [0.5, 0.6) is 0 Å². The smallest absolute Gasteiger partial charge is 0.339 e. The molecule has 0 fully saturated rings. The number of non-ortho nitro benzene ring substituents is 1. The Hall–Kier alpha value is -5.11. The lowest BCUT2D eigenvalue weighted by molar-refractivity contribution is -0.384. The third-order valence-corrected chi connectivity index (χ3v) is 6.51. The number of benzene rings is 5. The molecule has 5 aromatic carbocycles. The molecule has 8 nitrogen and oxygen atoms in total. The quantitative estimate of drug-likeness (QED) is 0.0647. The number of carbonyl (C=O) groups excluding carboxylic acids is 1. The van der Waals surface area contributed by atoms with Crippen LogP contribution in [0.3, 0.4) is 0 Å². The van der Waals surface area contributed by atoms with Gasteiger partial charge >= 0.3 is 5.97 Å². The minimum Gasteiger partial charge on any atom is -0.460 e. The lowest BCUT2D eigenvalue weighted by Crippen LogP contribution is -2.28. The van der Waals surface area contributed by atoms with Gasteiger partial charge in [0, 0.05) is 24.4 Å². The average molecular weight is 519 g/mol. The summed E-state index contributed by atoms with van der Waals surface area (Å²) >= 11 is 0. The number of nitrogens with zero attached hydrogens (tertiary/aromatic N) is 4. The molecule has 0 unspecified atom stereocenters. The van der Waals surface area contributed by atoms with E-state index in [1.54, 1.807) is 12.1 Å². The SMILES string of the molecule is CCN(CCOC(=O)c1c2ccccc2cc2ccccc12)c1ccc(N=Nc2ccc([N+](=O)[O-])cc2)cc1. The second kappa shape index (κ2) is 11.5. The maximum Gasteiger partial charge on any atom is 0.339 e. The Morgan fingerprint density at radius 3 is 1.90 bits per heavy atom. The standard InChI is InChI=1S/C31H26N4O4/c1-2-34(26-15-11-24(12-16-26)32-33-25-13-17-27(18-14-25)35(37)38)19-20-39-31(36)30-28-9-5-3-7-22(28)21-23-8-4-6-10-29(23)30/h3-18,21H,2,19-20H2,1H3. The summed E-state index contributed by atoms with van der Waals surface area (Å²) in [4.78, 5) is 25.7. The molecule has 0 atom stereocenters. The highest BCUT2D eigenvalue weighted by atomic mass is 16.6. The van der Waals surface area contributed by atoms with Crippen molar-refractivity contribution < 1.29 is 14.5 Å². The van der Waals surface area contributed by atoms with Gasteiger partial charge in [0.2, 0.25) is 0 Å². The van der Waals surface area contributed by atoms with Crippen molar-refractivity contribution in [3.63, 3.8) is 0 Å². The van der Waals surface area contributed by atoms with Crippen LogP contribution in [0.1, 0.15) is 17.3 Å². The van der Waals surface area contributed by atoms with E-state index in [2.05, 4.69) is 21.2 Å². The van der Waals surface area contributed by atoms with E-state index in [1.165, 1.54) is 12.1 Å². The molecule has 5 rings (SSSR count). The van der Waals surface area contributed by atoms with Gasteiger partial charge in [0.15, 0.2) is 0 Å². The molecule has 0 aliphatic rings. The van der Waals surface area contributed by atoms with Crippen molar-refractivity contribution in [1.29, 1.82) is 0 Å². The van der Waals surface area contributed by atoms with E-state index in [-0.39, 0.29) is 18.3 Å². The average Bonchev–Trinajstić information content (AvgIpc) is 2.97. The van der Waals surface area contributed by atoms with Gasteiger partial charge in [-0.1, -0.05) is 48.5 Å². The highest BCUT2D eigenvalue weighted by molar-refractivity contribution is 6.16. The van der Waals surface area contributed by atoms with Crippen LogP contribution in [0.25, 0.3) is 21.5 Å². The third-order valence-electron chi connectivity index (χ3n) is 6.51. The number of nitro groups is 1. The molecule has 0 amide bonds. The van der Waals surface area contributed by atoms with E-state index in [1.807, 2.05) is 79.7 Å². The fraction of sp³-hybridized carbons (Fsp3) is 0.129. The Morgan fingerprint density at radius 2 is 1.36 bits per heavy atom. The van der Waals surface area contributed by atoms with E-state index >= 15 is 0 Å². The zero-order valence-corrected chi connectivity index (χ0v) is 21.4. The van der Waals surface area contributed by atoms with Crippen molar-refractivity contribution in [3.05, 3.63) is 119 Å². The molecule has 0 aliphatic carbocycles. The van der Waals surface area contributed by atoms with Crippen LogP contribution in [0, 0.1) is 10.1 Å². The van der Waals surface area contributed by atoms with Crippen molar-refractivity contribution >= 4 is 50.3 Å². The van der Waals surface area contributed by atoms with Crippen molar-refractivity contribution in [2.45, 2.75) is 6.92 Å². The monoisotopic (exact) mass is 518 g/mol. The summed E-state index contributed by atoms with van der Waals surface area (Å²) in [6.45, 7) is 3.56. The zero-order valence-electron chi connectivity index (χ0n) is 21.4. The molecule has 0 saturated carbocycles. The van der Waals surface area contributed by atoms with E-state index < -0.39 is 4.92 Å². The summed E-state index contributed by atoms with van der Waals surface area (Å²) in [5.41, 5.74) is 2.75. The number of hydrogen-bond donors (Lipinski definition) is 0. The first-order chi connectivity index (χ1) is 19.0. The molecule has 0 spiro atoms. The summed E-state index contributed by atoms with van der Waals surface area (Å²) in [5, 5.41) is 22.9. The number of carbonyl (C=O) groups is 1. The highest BCUT2D eigenvalue weighted by Gasteiger charge is 2.16. The molecule has 39 heavy (non-hydrogen) atoms. The Kier molecular flexibility index (Phi) is 7.54. The molecule has 0 radical (unpaired) electrons. The van der Waals surface area contributed by atoms with Crippen molar-refractivity contribution in [2.75, 3.05) is 24.6 Å². The van der Waals surface area contributed by atoms with Gasteiger partial charge in [-0.25, -0.2) is 4.79 Å². The van der Waals surface area contributed by atoms with E-state index in [9.17, 15) is 14.9 Å². The van der Waals surface area contributed by atoms with Gasteiger partial charge in [-0.2, -0.15) is 10.2 Å². The summed E-state index contributed by atoms with van der Waals surface area (Å²) in [5.74, 6) is -0.332. The van der Waals surface area contributed by atoms with Crippen molar-refractivity contribution in [3.8, 4) is 0 Å². The molecule has 0 aliphatic heterocycles. The fourth-order valence-corrected chi connectivity index (χ4v) is 4.51. The Balaban J connectivity index is 1.24. The topological polar surface area (TPSA) is 97.4 Å². The van der Waals surface area contributed by atoms with E-state index in [0.29, 0.717) is 23.5 Å². The van der Waals surface area contributed by atoms with Gasteiger partial charge < -0.3 is 9.64 Å². The molecular formula is C31H26N4O4. The van der Waals surface area contributed by atoms with Gasteiger partial charge in [-0.05, 0) is 70.9 Å². The van der Waals surface area contributed by atoms with E-state index in [0.717, 1.165) is 33.8 Å². The summed E-state index contributed by atoms with van der Waals surface area (Å²) in [7, 11) is 0. The van der Waals surface area contributed by atoms with Gasteiger partial charge in [0.1, 0.15) is 6.61 Å². The number of nitro benzene ring substituents is 1. The van der Waals surface area contributed by atoms with Crippen LogP contribution in [0.4, 0.5) is 22.7 Å². The predicted molar refractivity (Wildman–Crippen MR) is 153 cm³/mol. The maximum absolute atomic E-state index is 13.3. The predicted octanol–water partition coefficient (Wildman–Crippen LogP) is 8.00. The fourth-order valence-electron chi connectivity index (χ4n) is 4.51. The number of esters is 1. The van der Waals surface area contributed by atoms with Gasteiger partial charge in [0.05, 0.1) is 28.4 Å². The number of likely N-dealkylation sites (N-methyl/N-ethyl adjacent to an activating group) is 1. The molecule has 194 valence electrons. The molecule has 0 saturated heterocycles. The van der Waals surface area contributed by atoms with Crippen LogP contribution < -0.4 is 4.90 Å². The van der Waals surface area contributed by atoms with Crippen LogP contribution in [0.2, 0.25) is 0 Å². The van der Waals surface area contributed by atoms with Crippen LogP contribution in [-0.2, 0) is 4.74 Å². The normalized spacial score (nSPS) is 11.2. The summed E-state index contributed by atoms with van der Waals surface area (Å²) < 4.78 is 5.78. The van der Waals surface area contributed by atoms with Crippen LogP contribution in [0.15, 0.2) is 113 Å². The zero-order chi connectivity index (χ0) is 27.2. The largest absolute Gasteiger partial charge is 0.460 e. The molecule has 0 bridgehead atoms. The highest BCUT2D eigenvalue weighted by Crippen LogP contribution is 2.29. The first-order valence-corrected chi connectivity index (χ1v) is 12.6. The number of azo groups is 1. The minimum absolute atomic E-state index is 0.00844. The second-order valence-electron chi connectivity index (χ2n) is 8.90. The molecule has 0 aromatic heterocycles. The number of ether oxygens (including phenoxy) is 1. The van der Waals surface area contributed by atoms with Crippen molar-refractivity contribution in [2.24, 2.45) is 10.2 Å². The number of anilines is 1. The maximum atomic E-state index is 13.3. The number of hydrogen-bond acceptors (Lipinski definition) is 7. The number of fused-ring (bicyclic) bond motifs is 2. The van der Waals surface area contributed by atoms with E-state index in [4.69, 9.17) is 4.74 Å². The molecule has 8 heteroatoms. The first-order valence-electron chi connectivity index (χ1n) is 12.6. The van der Waals surface area contributed by atoms with Gasteiger partial charge in [-0.15, -0.1) is 0 Å². The Bertz CT molecular complexity index is 1610. The Morgan fingerprint density at radius 1 is 0.821 bits per heavy atom. The lowest BCUT2D eigenvalue weighted by atomic mass is 9.97. The molecule has 0 heterocycles. The first kappa shape index (κ1) is 25.5. The molecular weight excluding hydrogens is 492 g/mol. The second-order valence-corrected chi connectivity index (χ2v) is 8.90. The van der Waals surface area contributed by atoms with Gasteiger partial charge in [-0.3, -0.25) is 10.1 Å². The third kappa shape index (κ3) is 5.75. The lowest BCUT2D eigenvalue weighted by Gasteiger charge is -2.23. The van der Waals surface area contributed by atoms with Crippen molar-refractivity contribution in [1.82, 2.24) is 0 Å².